The first-order valence-corrected chi connectivity index (χ1v) is 9.54. The van der Waals surface area contributed by atoms with Gasteiger partial charge in [-0.1, -0.05) is 31.2 Å². The third kappa shape index (κ3) is 3.81. The topological polar surface area (TPSA) is 58.6 Å². The maximum Gasteiger partial charge on any atom is 0.227 e. The Labute approximate surface area is 160 Å². The number of anilines is 1. The van der Waals surface area contributed by atoms with Gasteiger partial charge in [0.05, 0.1) is 25.3 Å². The number of hydrogen-bond acceptors (Lipinski definition) is 5. The molecule has 6 nitrogen and oxygen atoms in total. The number of amides is 1. The number of carbonyl (C=O) groups is 1. The molecule has 4 rings (SSSR count). The fraction of sp³-hybridized carbons (Fsp3) is 0.476. The zero-order valence-corrected chi connectivity index (χ0v) is 16.0. The lowest BCUT2D eigenvalue weighted by molar-refractivity contribution is -0.130. The van der Waals surface area contributed by atoms with Gasteiger partial charge in [-0.2, -0.15) is 5.10 Å². The number of piperazine rings is 1. The number of hydrogen-bond donors (Lipinski definition) is 0. The van der Waals surface area contributed by atoms with E-state index in [2.05, 4.69) is 46.3 Å². The lowest BCUT2D eigenvalue weighted by Crippen LogP contribution is -2.49. The minimum Gasteiger partial charge on any atom is -0.379 e. The van der Waals surface area contributed by atoms with Crippen LogP contribution in [-0.4, -0.2) is 60.4 Å². The first kappa shape index (κ1) is 17.9. The molecule has 1 aromatic carbocycles. The molecule has 0 aliphatic carbocycles. The van der Waals surface area contributed by atoms with E-state index in [1.54, 1.807) is 0 Å². The molecule has 0 spiro atoms. The second-order valence-electron chi connectivity index (χ2n) is 7.83. The van der Waals surface area contributed by atoms with Crippen LogP contribution in [0.25, 0.3) is 0 Å². The summed E-state index contributed by atoms with van der Waals surface area (Å²) in [6, 6.07) is 12.4. The van der Waals surface area contributed by atoms with Crippen molar-refractivity contribution in [2.75, 3.05) is 44.3 Å². The highest BCUT2D eigenvalue weighted by atomic mass is 16.5. The van der Waals surface area contributed by atoms with Gasteiger partial charge >= 0.3 is 0 Å². The van der Waals surface area contributed by atoms with Crippen LogP contribution < -0.4 is 4.90 Å². The van der Waals surface area contributed by atoms with Crippen molar-refractivity contribution >= 4 is 11.7 Å². The van der Waals surface area contributed by atoms with Crippen LogP contribution in [0.15, 0.2) is 36.4 Å². The van der Waals surface area contributed by atoms with Gasteiger partial charge in [-0.3, -0.25) is 4.79 Å². The zero-order valence-electron chi connectivity index (χ0n) is 16.0. The van der Waals surface area contributed by atoms with Crippen molar-refractivity contribution in [3.05, 3.63) is 53.2 Å². The molecule has 6 heteroatoms. The van der Waals surface area contributed by atoms with Crippen LogP contribution >= 0.6 is 0 Å². The van der Waals surface area contributed by atoms with Crippen molar-refractivity contribution in [2.24, 2.45) is 0 Å². The monoisotopic (exact) mass is 366 g/mol. The standard InChI is InChI=1S/C21H26N4O2/c1-16-3-8-19(23-22-16)24-9-11-25(12-10-24)20(26)13-17-4-6-18(7-5-17)21(2)14-27-15-21/h3-8H,9-15H2,1-2H3. The predicted molar refractivity (Wildman–Crippen MR) is 104 cm³/mol. The fourth-order valence-electron chi connectivity index (χ4n) is 3.63. The summed E-state index contributed by atoms with van der Waals surface area (Å²) < 4.78 is 5.34. The maximum atomic E-state index is 12.7. The van der Waals surface area contributed by atoms with Gasteiger partial charge < -0.3 is 14.5 Å². The largest absolute Gasteiger partial charge is 0.379 e. The zero-order chi connectivity index (χ0) is 18.9. The van der Waals surface area contributed by atoms with E-state index in [4.69, 9.17) is 4.74 Å². The summed E-state index contributed by atoms with van der Waals surface area (Å²) >= 11 is 0. The van der Waals surface area contributed by atoms with Gasteiger partial charge in [0.1, 0.15) is 0 Å². The van der Waals surface area contributed by atoms with Crippen molar-refractivity contribution in [1.82, 2.24) is 15.1 Å². The van der Waals surface area contributed by atoms with Gasteiger partial charge in [0.15, 0.2) is 5.82 Å². The highest BCUT2D eigenvalue weighted by Gasteiger charge is 2.35. The molecule has 0 radical (unpaired) electrons. The Morgan fingerprint density at radius 3 is 2.30 bits per heavy atom. The molecule has 1 amide bonds. The number of nitrogens with zero attached hydrogens (tertiary/aromatic N) is 4. The quantitative estimate of drug-likeness (QED) is 0.828. The highest BCUT2D eigenvalue weighted by Crippen LogP contribution is 2.31. The Kier molecular flexibility index (Phi) is 4.83. The van der Waals surface area contributed by atoms with E-state index in [9.17, 15) is 4.79 Å². The minimum atomic E-state index is 0.137. The molecule has 0 atom stereocenters. The van der Waals surface area contributed by atoms with E-state index in [0.717, 1.165) is 56.5 Å². The molecular weight excluding hydrogens is 340 g/mol. The molecule has 2 aliphatic heterocycles. The van der Waals surface area contributed by atoms with Crippen LogP contribution in [-0.2, 0) is 21.4 Å². The predicted octanol–water partition coefficient (Wildman–Crippen LogP) is 1.96. The van der Waals surface area contributed by atoms with Crippen LogP contribution in [0.4, 0.5) is 5.82 Å². The van der Waals surface area contributed by atoms with Crippen LogP contribution in [0.2, 0.25) is 0 Å². The summed E-state index contributed by atoms with van der Waals surface area (Å²) in [5.74, 6) is 1.08. The smallest absolute Gasteiger partial charge is 0.227 e. The van der Waals surface area contributed by atoms with E-state index >= 15 is 0 Å². The lowest BCUT2D eigenvalue weighted by atomic mass is 9.80. The molecule has 0 saturated carbocycles. The Balaban J connectivity index is 1.31. The Morgan fingerprint density at radius 1 is 1.04 bits per heavy atom. The van der Waals surface area contributed by atoms with Crippen LogP contribution in [0.3, 0.4) is 0 Å². The number of ether oxygens (including phenoxy) is 1. The molecular formula is C21H26N4O2. The van der Waals surface area contributed by atoms with E-state index in [-0.39, 0.29) is 11.3 Å². The summed E-state index contributed by atoms with van der Waals surface area (Å²) in [6.45, 7) is 8.74. The third-order valence-electron chi connectivity index (χ3n) is 5.59. The van der Waals surface area contributed by atoms with Gasteiger partial charge in [-0.25, -0.2) is 0 Å². The first-order chi connectivity index (χ1) is 13.0. The van der Waals surface area contributed by atoms with Crippen LogP contribution in [0.5, 0.6) is 0 Å². The molecule has 0 bridgehead atoms. The van der Waals surface area contributed by atoms with E-state index in [0.29, 0.717) is 6.42 Å². The number of benzene rings is 1. The Bertz CT molecular complexity index is 792. The molecule has 0 N–H and O–H groups in total. The van der Waals surface area contributed by atoms with Gasteiger partial charge in [0.2, 0.25) is 5.91 Å². The molecule has 27 heavy (non-hydrogen) atoms. The minimum absolute atomic E-state index is 0.137. The average Bonchev–Trinajstić information content (AvgIpc) is 2.67. The molecule has 3 heterocycles. The van der Waals surface area contributed by atoms with E-state index < -0.39 is 0 Å². The van der Waals surface area contributed by atoms with Crippen molar-refractivity contribution in [2.45, 2.75) is 25.7 Å². The summed E-state index contributed by atoms with van der Waals surface area (Å²) in [7, 11) is 0. The number of rotatable bonds is 4. The second-order valence-corrected chi connectivity index (χ2v) is 7.83. The number of aromatic nitrogens is 2. The highest BCUT2D eigenvalue weighted by molar-refractivity contribution is 5.79. The molecule has 142 valence electrons. The molecule has 2 saturated heterocycles. The van der Waals surface area contributed by atoms with Gasteiger partial charge in [0, 0.05) is 31.6 Å². The fourth-order valence-corrected chi connectivity index (χ4v) is 3.63. The molecule has 2 aliphatic rings. The molecule has 1 aromatic heterocycles. The summed E-state index contributed by atoms with van der Waals surface area (Å²) in [6.07, 6.45) is 0.456. The van der Waals surface area contributed by atoms with Crippen LogP contribution in [0.1, 0.15) is 23.7 Å². The number of carbonyl (C=O) groups excluding carboxylic acids is 1. The first-order valence-electron chi connectivity index (χ1n) is 9.54. The van der Waals surface area contributed by atoms with Crippen molar-refractivity contribution in [3.8, 4) is 0 Å². The van der Waals surface area contributed by atoms with Gasteiger partial charge in [0.25, 0.3) is 0 Å². The normalized spacial score (nSPS) is 18.9. The third-order valence-corrected chi connectivity index (χ3v) is 5.59. The molecule has 0 unspecified atom stereocenters. The molecule has 2 fully saturated rings. The number of aryl methyl sites for hydroxylation is 1. The maximum absolute atomic E-state index is 12.7. The van der Waals surface area contributed by atoms with Gasteiger partial charge in [-0.05, 0) is 30.2 Å². The lowest BCUT2D eigenvalue weighted by Gasteiger charge is -2.38. The van der Waals surface area contributed by atoms with Gasteiger partial charge in [-0.15, -0.1) is 5.10 Å². The summed E-state index contributed by atoms with van der Waals surface area (Å²) in [5.41, 5.74) is 3.41. The second kappa shape index (κ2) is 7.27. The Hall–Kier alpha value is -2.47. The molecule has 2 aromatic rings. The summed E-state index contributed by atoms with van der Waals surface area (Å²) in [4.78, 5) is 16.8. The van der Waals surface area contributed by atoms with Crippen molar-refractivity contribution in [1.29, 1.82) is 0 Å². The van der Waals surface area contributed by atoms with Crippen LogP contribution in [0, 0.1) is 6.92 Å². The SMILES string of the molecule is Cc1ccc(N2CCN(C(=O)Cc3ccc(C4(C)COC4)cc3)CC2)nn1. The Morgan fingerprint density at radius 2 is 1.74 bits per heavy atom. The average molecular weight is 366 g/mol. The van der Waals surface area contributed by atoms with E-state index in [1.165, 1.54) is 5.56 Å². The van der Waals surface area contributed by atoms with Crippen molar-refractivity contribution in [3.63, 3.8) is 0 Å². The van der Waals surface area contributed by atoms with E-state index in [1.807, 2.05) is 24.0 Å². The summed E-state index contributed by atoms with van der Waals surface area (Å²) in [5, 5.41) is 8.36. The van der Waals surface area contributed by atoms with Crippen molar-refractivity contribution < 1.29 is 9.53 Å².